The quantitative estimate of drug-likeness (QED) is 0.409. The summed E-state index contributed by atoms with van der Waals surface area (Å²) in [6, 6.07) is 0. The van der Waals surface area contributed by atoms with Crippen LogP contribution in [0, 0.1) is 6.92 Å². The van der Waals surface area contributed by atoms with Gasteiger partial charge in [-0.15, -0.1) is 0 Å². The van der Waals surface area contributed by atoms with Gasteiger partial charge in [0.1, 0.15) is 0 Å². The Morgan fingerprint density at radius 3 is 1.82 bits per heavy atom. The Morgan fingerprint density at radius 1 is 0.647 bits per heavy atom. The Kier molecular flexibility index (Phi) is 15.8. The second-order valence-electron chi connectivity index (χ2n) is 4.62. The molecule has 0 fully saturated rings. The Morgan fingerprint density at radius 2 is 1.18 bits per heavy atom. The molecule has 0 spiro atoms. The van der Waals surface area contributed by atoms with Gasteiger partial charge in [-0.05, 0) is 32.5 Å². The first-order valence-corrected chi connectivity index (χ1v) is 7.32. The average molecular weight is 242 g/mol. The highest BCUT2D eigenvalue weighted by Gasteiger charge is 1.91. The van der Waals surface area contributed by atoms with Gasteiger partial charge < -0.3 is 16.4 Å². The van der Waals surface area contributed by atoms with Gasteiger partial charge >= 0.3 is 0 Å². The van der Waals surface area contributed by atoms with Crippen molar-refractivity contribution in [1.29, 1.82) is 0 Å². The summed E-state index contributed by atoms with van der Waals surface area (Å²) in [5.41, 5.74) is 5.39. The van der Waals surface area contributed by atoms with Crippen LogP contribution in [0.15, 0.2) is 0 Å². The third kappa shape index (κ3) is 15.9. The van der Waals surface area contributed by atoms with Gasteiger partial charge in [0.2, 0.25) is 0 Å². The van der Waals surface area contributed by atoms with Crippen LogP contribution in [0.25, 0.3) is 0 Å². The summed E-state index contributed by atoms with van der Waals surface area (Å²) in [6.45, 7) is 8.91. The molecule has 0 bridgehead atoms. The van der Waals surface area contributed by atoms with Crippen molar-refractivity contribution in [3.8, 4) is 0 Å². The molecule has 0 rings (SSSR count). The van der Waals surface area contributed by atoms with Gasteiger partial charge in [0, 0.05) is 13.1 Å². The van der Waals surface area contributed by atoms with E-state index < -0.39 is 0 Å². The smallest absolute Gasteiger partial charge is 0.00745 e. The molecule has 0 aliphatic rings. The molecule has 103 valence electrons. The van der Waals surface area contributed by atoms with Gasteiger partial charge in [-0.2, -0.15) is 0 Å². The largest absolute Gasteiger partial charge is 0.329 e. The summed E-state index contributed by atoms with van der Waals surface area (Å²) in [7, 11) is 0. The van der Waals surface area contributed by atoms with Crippen molar-refractivity contribution in [2.45, 2.75) is 51.4 Å². The van der Waals surface area contributed by atoms with Crippen LogP contribution >= 0.6 is 0 Å². The molecule has 4 N–H and O–H groups in total. The van der Waals surface area contributed by atoms with Gasteiger partial charge in [0.05, 0.1) is 0 Å². The second-order valence-corrected chi connectivity index (χ2v) is 4.62. The summed E-state index contributed by atoms with van der Waals surface area (Å²) in [5.74, 6) is 0. The lowest BCUT2D eigenvalue weighted by Crippen LogP contribution is -2.26. The maximum Gasteiger partial charge on any atom is 0.00745 e. The fourth-order valence-corrected chi connectivity index (χ4v) is 1.82. The van der Waals surface area contributed by atoms with Crippen molar-refractivity contribution in [3.05, 3.63) is 6.92 Å². The Hall–Kier alpha value is -0.120. The molecule has 1 radical (unpaired) electrons. The molecule has 0 aromatic carbocycles. The van der Waals surface area contributed by atoms with Gasteiger partial charge in [0.15, 0.2) is 0 Å². The lowest BCUT2D eigenvalue weighted by Gasteiger charge is -2.05. The van der Waals surface area contributed by atoms with Crippen LogP contribution in [0.1, 0.15) is 51.4 Å². The normalized spacial score (nSPS) is 10.9. The van der Waals surface area contributed by atoms with Crippen molar-refractivity contribution >= 4 is 0 Å². The first-order valence-electron chi connectivity index (χ1n) is 7.32. The molecule has 0 saturated carbocycles. The maximum atomic E-state index is 5.39. The van der Waals surface area contributed by atoms with Crippen LogP contribution in [-0.2, 0) is 0 Å². The number of unbranched alkanes of at least 4 members (excludes halogenated alkanes) is 6. The Bertz CT molecular complexity index is 115. The second kappa shape index (κ2) is 15.9. The summed E-state index contributed by atoms with van der Waals surface area (Å²) < 4.78 is 0. The van der Waals surface area contributed by atoms with Gasteiger partial charge in [-0.1, -0.05) is 45.4 Å². The van der Waals surface area contributed by atoms with E-state index in [1.165, 1.54) is 51.5 Å². The SMILES string of the molecule is [CH2]CCCCCCCCNCCCNCCN. The predicted octanol–water partition coefficient (Wildman–Crippen LogP) is 2.08. The number of nitrogens with two attached hydrogens (primary N) is 1. The minimum absolute atomic E-state index is 0.738. The number of hydrogen-bond donors (Lipinski definition) is 3. The van der Waals surface area contributed by atoms with Crippen molar-refractivity contribution in [1.82, 2.24) is 10.6 Å². The van der Waals surface area contributed by atoms with E-state index in [4.69, 9.17) is 5.73 Å². The zero-order valence-corrected chi connectivity index (χ0v) is 11.5. The zero-order chi connectivity index (χ0) is 12.6. The number of rotatable bonds is 14. The molecule has 3 nitrogen and oxygen atoms in total. The molecule has 0 atom stereocenters. The first kappa shape index (κ1) is 16.9. The molecule has 17 heavy (non-hydrogen) atoms. The third-order valence-electron chi connectivity index (χ3n) is 2.88. The van der Waals surface area contributed by atoms with Gasteiger partial charge in [-0.25, -0.2) is 0 Å². The summed E-state index contributed by atoms with van der Waals surface area (Å²) >= 11 is 0. The highest BCUT2D eigenvalue weighted by molar-refractivity contribution is 4.53. The van der Waals surface area contributed by atoms with E-state index in [-0.39, 0.29) is 0 Å². The summed E-state index contributed by atoms with van der Waals surface area (Å²) in [4.78, 5) is 0. The predicted molar refractivity (Wildman–Crippen MR) is 77.1 cm³/mol. The third-order valence-corrected chi connectivity index (χ3v) is 2.88. The van der Waals surface area contributed by atoms with Crippen molar-refractivity contribution in [2.24, 2.45) is 5.73 Å². The molecule has 0 amide bonds. The van der Waals surface area contributed by atoms with Crippen molar-refractivity contribution < 1.29 is 0 Å². The lowest BCUT2D eigenvalue weighted by atomic mass is 10.1. The van der Waals surface area contributed by atoms with Crippen LogP contribution in [0.4, 0.5) is 0 Å². The molecule has 0 saturated heterocycles. The number of nitrogens with one attached hydrogen (secondary N) is 2. The molecular formula is C14H32N3. The van der Waals surface area contributed by atoms with Crippen LogP contribution < -0.4 is 16.4 Å². The molecule has 0 heterocycles. The standard InChI is InChI=1S/C14H32N3/c1-2-3-4-5-6-7-8-11-16-12-9-13-17-14-10-15/h16-17H,1-15H2. The Labute approximate surface area is 108 Å². The fourth-order valence-electron chi connectivity index (χ4n) is 1.82. The van der Waals surface area contributed by atoms with E-state index in [1.54, 1.807) is 0 Å². The van der Waals surface area contributed by atoms with E-state index in [2.05, 4.69) is 17.6 Å². The first-order chi connectivity index (χ1) is 8.41. The van der Waals surface area contributed by atoms with Gasteiger partial charge in [0.25, 0.3) is 0 Å². The van der Waals surface area contributed by atoms with Crippen molar-refractivity contribution in [3.63, 3.8) is 0 Å². The Balaban J connectivity index is 2.85. The zero-order valence-electron chi connectivity index (χ0n) is 11.5. The van der Waals surface area contributed by atoms with E-state index in [1.807, 2.05) is 0 Å². The van der Waals surface area contributed by atoms with E-state index in [0.29, 0.717) is 0 Å². The van der Waals surface area contributed by atoms with Crippen molar-refractivity contribution in [2.75, 3.05) is 32.7 Å². The van der Waals surface area contributed by atoms with Crippen LogP contribution in [0.2, 0.25) is 0 Å². The van der Waals surface area contributed by atoms with E-state index >= 15 is 0 Å². The average Bonchev–Trinajstić information content (AvgIpc) is 2.35. The molecule has 0 aliphatic heterocycles. The topological polar surface area (TPSA) is 50.1 Å². The monoisotopic (exact) mass is 242 g/mol. The molecule has 0 aromatic heterocycles. The van der Waals surface area contributed by atoms with E-state index in [0.717, 1.165) is 32.6 Å². The van der Waals surface area contributed by atoms with Crippen LogP contribution in [0.3, 0.4) is 0 Å². The minimum Gasteiger partial charge on any atom is -0.329 e. The van der Waals surface area contributed by atoms with E-state index in [9.17, 15) is 0 Å². The molecule has 3 heteroatoms. The summed E-state index contributed by atoms with van der Waals surface area (Å²) in [5, 5.41) is 6.78. The number of hydrogen-bond acceptors (Lipinski definition) is 3. The fraction of sp³-hybridized carbons (Fsp3) is 0.929. The molecule has 0 unspecified atom stereocenters. The molecule has 0 aliphatic carbocycles. The highest BCUT2D eigenvalue weighted by Crippen LogP contribution is 2.05. The highest BCUT2D eigenvalue weighted by atomic mass is 14.9. The summed E-state index contributed by atoms with van der Waals surface area (Å²) in [6.07, 6.45) is 10.4. The molecule has 0 aromatic rings. The van der Waals surface area contributed by atoms with Gasteiger partial charge in [-0.3, -0.25) is 0 Å². The molecular weight excluding hydrogens is 210 g/mol. The van der Waals surface area contributed by atoms with Crippen LogP contribution in [-0.4, -0.2) is 32.7 Å². The maximum absolute atomic E-state index is 5.39. The lowest BCUT2D eigenvalue weighted by molar-refractivity contribution is 0.551. The van der Waals surface area contributed by atoms with Crippen LogP contribution in [0.5, 0.6) is 0 Å². The minimum atomic E-state index is 0.738.